The van der Waals surface area contributed by atoms with Gasteiger partial charge in [-0.15, -0.1) is 0 Å². The summed E-state index contributed by atoms with van der Waals surface area (Å²) in [5, 5.41) is 8.59. The second-order valence-electron chi connectivity index (χ2n) is 6.68. The molecule has 0 atom stereocenters. The van der Waals surface area contributed by atoms with Gasteiger partial charge in [-0.05, 0) is 68.5 Å². The first kappa shape index (κ1) is 26.1. The average Bonchev–Trinajstić information content (AvgIpc) is 3.13. The molecule has 0 bridgehead atoms. The standard InChI is InChI=1S/C17H22F4N2.C6H5FO/c1-3-6-14(17(19,20)21)9-16(12(4-2)10-18)23-11-13-7-5-8-15(13)22;7-5-1-3-6(8)4-2-5/h4,6,9,11H,3,5,7-8,10,22H2,1-2H3;1-4,8H/b12-4-,14-6-,16-9+,23-11?;. The van der Waals surface area contributed by atoms with Crippen LogP contribution in [0.4, 0.5) is 22.0 Å². The molecule has 2 rings (SSSR count). The lowest BCUT2D eigenvalue weighted by molar-refractivity contribution is -0.0884. The maximum Gasteiger partial charge on any atom is 0.416 e. The number of allylic oxidation sites excluding steroid dienone is 7. The van der Waals surface area contributed by atoms with Crippen molar-refractivity contribution in [1.82, 2.24) is 0 Å². The molecule has 0 spiro atoms. The molecule has 0 aromatic heterocycles. The maximum atomic E-state index is 13.1. The number of aromatic hydroxyl groups is 1. The number of rotatable bonds is 6. The number of phenols is 1. The van der Waals surface area contributed by atoms with Gasteiger partial charge in [-0.25, -0.2) is 8.78 Å². The Kier molecular flexibility index (Phi) is 10.7. The molecule has 0 unspecified atom stereocenters. The summed E-state index contributed by atoms with van der Waals surface area (Å²) in [6.45, 7) is 2.29. The van der Waals surface area contributed by atoms with Gasteiger partial charge in [-0.1, -0.05) is 19.1 Å². The molecule has 0 saturated heterocycles. The molecule has 0 fully saturated rings. The summed E-state index contributed by atoms with van der Waals surface area (Å²) in [5.41, 5.74) is 6.57. The lowest BCUT2D eigenvalue weighted by atomic mass is 10.1. The van der Waals surface area contributed by atoms with Gasteiger partial charge in [0.1, 0.15) is 18.2 Å². The fourth-order valence-electron chi connectivity index (χ4n) is 2.66. The summed E-state index contributed by atoms with van der Waals surface area (Å²) in [4.78, 5) is 4.08. The largest absolute Gasteiger partial charge is 0.508 e. The van der Waals surface area contributed by atoms with Gasteiger partial charge in [0, 0.05) is 17.5 Å². The first-order valence-electron chi connectivity index (χ1n) is 9.79. The van der Waals surface area contributed by atoms with E-state index in [0.717, 1.165) is 37.0 Å². The number of aliphatic imine (C=N–C) groups is 1. The molecule has 1 aliphatic rings. The van der Waals surface area contributed by atoms with Gasteiger partial charge in [-0.2, -0.15) is 13.2 Å². The smallest absolute Gasteiger partial charge is 0.416 e. The summed E-state index contributed by atoms with van der Waals surface area (Å²) >= 11 is 0. The van der Waals surface area contributed by atoms with Crippen LogP contribution in [0.25, 0.3) is 0 Å². The van der Waals surface area contributed by atoms with Crippen molar-refractivity contribution >= 4 is 6.21 Å². The fraction of sp³-hybridized carbons (Fsp3) is 0.348. The summed E-state index contributed by atoms with van der Waals surface area (Å²) < 4.78 is 64.2. The highest BCUT2D eigenvalue weighted by atomic mass is 19.4. The van der Waals surface area contributed by atoms with E-state index >= 15 is 0 Å². The van der Waals surface area contributed by atoms with Crippen LogP contribution >= 0.6 is 0 Å². The van der Waals surface area contributed by atoms with Crippen LogP contribution < -0.4 is 5.73 Å². The van der Waals surface area contributed by atoms with Crippen LogP contribution in [-0.2, 0) is 0 Å². The zero-order valence-electron chi connectivity index (χ0n) is 17.5. The second-order valence-corrected chi connectivity index (χ2v) is 6.68. The van der Waals surface area contributed by atoms with E-state index in [1.165, 1.54) is 36.6 Å². The highest BCUT2D eigenvalue weighted by molar-refractivity contribution is 5.81. The van der Waals surface area contributed by atoms with Gasteiger partial charge in [0.25, 0.3) is 0 Å². The third kappa shape index (κ3) is 9.19. The summed E-state index contributed by atoms with van der Waals surface area (Å²) in [7, 11) is 0. The molecular formula is C23H27F5N2O. The van der Waals surface area contributed by atoms with Crippen molar-refractivity contribution in [2.45, 2.75) is 45.7 Å². The van der Waals surface area contributed by atoms with E-state index in [1.54, 1.807) is 13.8 Å². The number of alkyl halides is 4. The van der Waals surface area contributed by atoms with Crippen molar-refractivity contribution in [3.8, 4) is 5.75 Å². The van der Waals surface area contributed by atoms with Crippen molar-refractivity contribution in [3.63, 3.8) is 0 Å². The minimum absolute atomic E-state index is 0.0285. The number of benzene rings is 1. The van der Waals surface area contributed by atoms with E-state index in [2.05, 4.69) is 4.99 Å². The molecule has 3 N–H and O–H groups in total. The molecule has 170 valence electrons. The zero-order chi connectivity index (χ0) is 23.4. The van der Waals surface area contributed by atoms with Gasteiger partial charge < -0.3 is 10.8 Å². The van der Waals surface area contributed by atoms with E-state index in [9.17, 15) is 22.0 Å². The van der Waals surface area contributed by atoms with E-state index in [1.807, 2.05) is 0 Å². The van der Waals surface area contributed by atoms with Gasteiger partial charge in [-0.3, -0.25) is 4.99 Å². The Balaban J connectivity index is 0.000000500. The van der Waals surface area contributed by atoms with E-state index < -0.39 is 18.4 Å². The Bertz CT molecular complexity index is 842. The Hall–Kier alpha value is -2.90. The monoisotopic (exact) mass is 442 g/mol. The van der Waals surface area contributed by atoms with E-state index in [-0.39, 0.29) is 29.3 Å². The van der Waals surface area contributed by atoms with Gasteiger partial charge in [0.15, 0.2) is 0 Å². The molecule has 0 amide bonds. The predicted octanol–water partition coefficient (Wildman–Crippen LogP) is 6.68. The minimum Gasteiger partial charge on any atom is -0.508 e. The van der Waals surface area contributed by atoms with Crippen molar-refractivity contribution in [2.75, 3.05) is 6.67 Å². The minimum atomic E-state index is -4.50. The van der Waals surface area contributed by atoms with Crippen LogP contribution in [0.1, 0.15) is 39.5 Å². The van der Waals surface area contributed by atoms with Crippen LogP contribution in [0.15, 0.2) is 75.6 Å². The molecule has 0 saturated carbocycles. The van der Waals surface area contributed by atoms with Crippen LogP contribution in [-0.4, -0.2) is 24.2 Å². The second kappa shape index (κ2) is 12.7. The fourth-order valence-corrected chi connectivity index (χ4v) is 2.66. The van der Waals surface area contributed by atoms with Crippen LogP contribution in [0.3, 0.4) is 0 Å². The van der Waals surface area contributed by atoms with Crippen LogP contribution in [0.2, 0.25) is 0 Å². The third-order valence-corrected chi connectivity index (χ3v) is 4.36. The molecule has 31 heavy (non-hydrogen) atoms. The number of hydrogen-bond donors (Lipinski definition) is 2. The highest BCUT2D eigenvalue weighted by Crippen LogP contribution is 2.30. The van der Waals surface area contributed by atoms with Crippen LogP contribution in [0.5, 0.6) is 5.75 Å². The lowest BCUT2D eigenvalue weighted by Gasteiger charge is -2.10. The lowest BCUT2D eigenvalue weighted by Crippen LogP contribution is -2.11. The normalized spacial score (nSPS) is 16.0. The van der Waals surface area contributed by atoms with Crippen molar-refractivity contribution in [1.29, 1.82) is 0 Å². The number of halogens is 5. The quantitative estimate of drug-likeness (QED) is 0.293. The van der Waals surface area contributed by atoms with E-state index in [4.69, 9.17) is 10.8 Å². The molecule has 0 aliphatic heterocycles. The van der Waals surface area contributed by atoms with Crippen molar-refractivity contribution < 1.29 is 27.1 Å². The van der Waals surface area contributed by atoms with Crippen molar-refractivity contribution in [2.24, 2.45) is 10.7 Å². The number of nitrogens with two attached hydrogens (primary N) is 1. The highest BCUT2D eigenvalue weighted by Gasteiger charge is 2.32. The van der Waals surface area contributed by atoms with Crippen LogP contribution in [0, 0.1) is 5.82 Å². The number of nitrogens with zero attached hydrogens (tertiary/aromatic N) is 1. The molecule has 1 aliphatic carbocycles. The summed E-state index contributed by atoms with van der Waals surface area (Å²) in [6, 6.07) is 5.01. The molecule has 3 nitrogen and oxygen atoms in total. The first-order chi connectivity index (χ1) is 14.6. The predicted molar refractivity (Wildman–Crippen MR) is 114 cm³/mol. The molecule has 1 aromatic rings. The molecule has 8 heteroatoms. The van der Waals surface area contributed by atoms with Gasteiger partial charge in [0.2, 0.25) is 0 Å². The molecular weight excluding hydrogens is 415 g/mol. The maximum absolute atomic E-state index is 13.1. The van der Waals surface area contributed by atoms with Gasteiger partial charge in [0.05, 0.1) is 11.3 Å². The third-order valence-electron chi connectivity index (χ3n) is 4.36. The number of phenolic OH excluding ortho intramolecular Hbond substituents is 1. The molecule has 0 radical (unpaired) electrons. The Labute approximate surface area is 179 Å². The Morgan fingerprint density at radius 3 is 2.26 bits per heavy atom. The SMILES string of the molecule is C\C=C(CF)/C(=C\C(=C\CC)C(F)(F)F)N=CC1=C(N)CCC1.Oc1ccc(F)cc1. The van der Waals surface area contributed by atoms with E-state index in [0.29, 0.717) is 5.70 Å². The topological polar surface area (TPSA) is 58.6 Å². The zero-order valence-corrected chi connectivity index (χ0v) is 17.5. The first-order valence-corrected chi connectivity index (χ1v) is 9.79. The van der Waals surface area contributed by atoms with Crippen molar-refractivity contribution in [3.05, 3.63) is 76.4 Å². The average molecular weight is 442 g/mol. The molecule has 0 heterocycles. The van der Waals surface area contributed by atoms with Gasteiger partial charge >= 0.3 is 6.18 Å². The Morgan fingerprint density at radius 2 is 1.84 bits per heavy atom. The summed E-state index contributed by atoms with van der Waals surface area (Å²) in [6.07, 6.45) is 2.94. The Morgan fingerprint density at radius 1 is 1.19 bits per heavy atom. The summed E-state index contributed by atoms with van der Waals surface area (Å²) in [5.74, 6) is -0.241. The number of hydrogen-bond acceptors (Lipinski definition) is 3. The molecule has 1 aromatic carbocycles.